The summed E-state index contributed by atoms with van der Waals surface area (Å²) in [6, 6.07) is 6.30. The summed E-state index contributed by atoms with van der Waals surface area (Å²) < 4.78 is 14.3. The quantitative estimate of drug-likeness (QED) is 0.637. The molecule has 6 nitrogen and oxygen atoms in total. The lowest BCUT2D eigenvalue weighted by Gasteiger charge is -2.18. The molecule has 1 N–H and O–H groups in total. The van der Waals surface area contributed by atoms with E-state index in [0.29, 0.717) is 18.8 Å². The van der Waals surface area contributed by atoms with E-state index >= 15 is 0 Å². The summed E-state index contributed by atoms with van der Waals surface area (Å²) in [4.78, 5) is 29.9. The van der Waals surface area contributed by atoms with Crippen LogP contribution in [0.25, 0.3) is 5.69 Å². The molecular weight excluding hydrogens is 333 g/mol. The molecule has 0 aliphatic carbocycles. The van der Waals surface area contributed by atoms with E-state index in [2.05, 4.69) is 4.98 Å². The van der Waals surface area contributed by atoms with Crippen LogP contribution in [0.15, 0.2) is 40.3 Å². The van der Waals surface area contributed by atoms with Gasteiger partial charge in [0.1, 0.15) is 5.82 Å². The molecule has 0 atom stereocenters. The molecule has 1 amide bonds. The normalized spacial score (nSPS) is 10.6. The van der Waals surface area contributed by atoms with Crippen molar-refractivity contribution in [2.24, 2.45) is 0 Å². The van der Waals surface area contributed by atoms with Gasteiger partial charge in [-0.05, 0) is 38.1 Å². The second-order valence-electron chi connectivity index (χ2n) is 4.90. The molecule has 24 heavy (non-hydrogen) atoms. The molecule has 0 bridgehead atoms. The Morgan fingerprint density at radius 3 is 2.50 bits per heavy atom. The lowest BCUT2D eigenvalue weighted by Crippen LogP contribution is -2.32. The smallest absolute Gasteiger partial charge is 0.262 e. The number of aromatic nitrogens is 2. The Bertz CT molecular complexity index is 773. The Morgan fingerprint density at radius 1 is 1.29 bits per heavy atom. The predicted molar refractivity (Wildman–Crippen MR) is 90.1 cm³/mol. The Labute approximate surface area is 142 Å². The van der Waals surface area contributed by atoms with Crippen molar-refractivity contribution in [3.63, 3.8) is 0 Å². The average Bonchev–Trinajstić information content (AvgIpc) is 2.55. The molecular formula is C16H18FN3O3S. The van der Waals surface area contributed by atoms with E-state index in [-0.39, 0.29) is 16.8 Å². The molecule has 0 fully saturated rings. The van der Waals surface area contributed by atoms with Crippen LogP contribution in [0.5, 0.6) is 5.88 Å². The van der Waals surface area contributed by atoms with Crippen LogP contribution in [-0.4, -0.2) is 44.3 Å². The molecule has 2 aromatic rings. The highest BCUT2D eigenvalue weighted by Crippen LogP contribution is 2.21. The average molecular weight is 351 g/mol. The van der Waals surface area contributed by atoms with Crippen molar-refractivity contribution in [3.05, 3.63) is 46.5 Å². The van der Waals surface area contributed by atoms with Crippen molar-refractivity contribution in [1.29, 1.82) is 0 Å². The highest BCUT2D eigenvalue weighted by molar-refractivity contribution is 7.99. The zero-order valence-electron chi connectivity index (χ0n) is 13.4. The third-order valence-electron chi connectivity index (χ3n) is 3.40. The number of carbonyl (C=O) groups excluding carboxylic acids is 1. The maximum Gasteiger partial charge on any atom is 0.262 e. The Kier molecular flexibility index (Phi) is 5.97. The maximum absolute atomic E-state index is 13.1. The van der Waals surface area contributed by atoms with Crippen LogP contribution in [0.3, 0.4) is 0 Å². The van der Waals surface area contributed by atoms with Gasteiger partial charge < -0.3 is 10.0 Å². The third-order valence-corrected chi connectivity index (χ3v) is 4.32. The summed E-state index contributed by atoms with van der Waals surface area (Å²) in [5.41, 5.74) is -0.0985. The van der Waals surface area contributed by atoms with Crippen molar-refractivity contribution < 1.29 is 14.3 Å². The fraction of sp³-hybridized carbons (Fsp3) is 0.312. The first kappa shape index (κ1) is 18.0. The monoisotopic (exact) mass is 351 g/mol. The molecule has 8 heteroatoms. The van der Waals surface area contributed by atoms with Gasteiger partial charge in [-0.15, -0.1) is 0 Å². The minimum absolute atomic E-state index is 0.0821. The SMILES string of the molecule is CCN(CC)C(=O)CSc1nc(O)cc(=O)n1-c1ccc(F)cc1. The van der Waals surface area contributed by atoms with Gasteiger partial charge in [-0.1, -0.05) is 11.8 Å². The van der Waals surface area contributed by atoms with E-state index in [4.69, 9.17) is 0 Å². The van der Waals surface area contributed by atoms with Crippen LogP contribution in [0, 0.1) is 5.82 Å². The number of nitrogens with zero attached hydrogens (tertiary/aromatic N) is 3. The zero-order chi connectivity index (χ0) is 17.7. The van der Waals surface area contributed by atoms with Crippen molar-refractivity contribution in [3.8, 4) is 11.6 Å². The van der Waals surface area contributed by atoms with Crippen LogP contribution < -0.4 is 5.56 Å². The lowest BCUT2D eigenvalue weighted by molar-refractivity contribution is -0.127. The summed E-state index contributed by atoms with van der Waals surface area (Å²) in [7, 11) is 0. The summed E-state index contributed by atoms with van der Waals surface area (Å²) in [6.45, 7) is 4.95. The largest absolute Gasteiger partial charge is 0.493 e. The summed E-state index contributed by atoms with van der Waals surface area (Å²) in [6.07, 6.45) is 0. The lowest BCUT2D eigenvalue weighted by atomic mass is 10.3. The van der Waals surface area contributed by atoms with Crippen LogP contribution >= 0.6 is 11.8 Å². The molecule has 1 aromatic heterocycles. The van der Waals surface area contributed by atoms with Crippen molar-refractivity contribution in [1.82, 2.24) is 14.5 Å². The third kappa shape index (κ3) is 4.14. The number of thioether (sulfide) groups is 1. The van der Waals surface area contributed by atoms with Gasteiger partial charge in [-0.3, -0.25) is 14.2 Å². The Hall–Kier alpha value is -2.35. The number of carbonyl (C=O) groups is 1. The topological polar surface area (TPSA) is 75.4 Å². The number of benzene rings is 1. The van der Waals surface area contributed by atoms with E-state index in [1.807, 2.05) is 13.8 Å². The van der Waals surface area contributed by atoms with Crippen LogP contribution in [0.1, 0.15) is 13.8 Å². The highest BCUT2D eigenvalue weighted by atomic mass is 32.2. The van der Waals surface area contributed by atoms with Gasteiger partial charge in [0.15, 0.2) is 5.16 Å². The molecule has 0 radical (unpaired) electrons. The van der Waals surface area contributed by atoms with E-state index in [0.717, 1.165) is 17.8 Å². The van der Waals surface area contributed by atoms with Gasteiger partial charge in [0.25, 0.3) is 5.56 Å². The number of hydrogen-bond acceptors (Lipinski definition) is 5. The molecule has 2 rings (SSSR count). The van der Waals surface area contributed by atoms with Crippen molar-refractivity contribution >= 4 is 17.7 Å². The Balaban J connectivity index is 2.34. The van der Waals surface area contributed by atoms with E-state index in [1.165, 1.54) is 28.8 Å². The number of halogens is 1. The van der Waals surface area contributed by atoms with Crippen molar-refractivity contribution in [2.75, 3.05) is 18.8 Å². The molecule has 0 aliphatic heterocycles. The fourth-order valence-electron chi connectivity index (χ4n) is 2.17. The first-order valence-corrected chi connectivity index (χ1v) is 8.44. The minimum Gasteiger partial charge on any atom is -0.493 e. The van der Waals surface area contributed by atoms with Crippen LogP contribution in [0.4, 0.5) is 4.39 Å². The standard InChI is InChI=1S/C16H18FN3O3S/c1-3-19(4-2)15(23)10-24-16-18-13(21)9-14(22)20(16)12-7-5-11(17)6-8-12/h5-9,21H,3-4,10H2,1-2H3. The molecule has 128 valence electrons. The van der Waals surface area contributed by atoms with Gasteiger partial charge in [0.05, 0.1) is 17.5 Å². The van der Waals surface area contributed by atoms with E-state index < -0.39 is 17.3 Å². The number of rotatable bonds is 6. The predicted octanol–water partition coefficient (Wildman–Crippen LogP) is 2.04. The molecule has 1 heterocycles. The number of amides is 1. The number of aromatic hydroxyl groups is 1. The molecule has 0 unspecified atom stereocenters. The molecule has 0 aliphatic rings. The fourth-order valence-corrected chi connectivity index (χ4v) is 3.09. The zero-order valence-corrected chi connectivity index (χ0v) is 14.2. The minimum atomic E-state index is -0.508. The van der Waals surface area contributed by atoms with Gasteiger partial charge in [-0.25, -0.2) is 4.39 Å². The van der Waals surface area contributed by atoms with Gasteiger partial charge in [0.2, 0.25) is 11.8 Å². The van der Waals surface area contributed by atoms with Gasteiger partial charge >= 0.3 is 0 Å². The van der Waals surface area contributed by atoms with Crippen molar-refractivity contribution in [2.45, 2.75) is 19.0 Å². The molecule has 0 saturated carbocycles. The summed E-state index contributed by atoms with van der Waals surface area (Å²) in [5, 5.41) is 9.76. The summed E-state index contributed by atoms with van der Waals surface area (Å²) >= 11 is 1.05. The van der Waals surface area contributed by atoms with Crippen LogP contribution in [-0.2, 0) is 4.79 Å². The number of hydrogen-bond donors (Lipinski definition) is 1. The van der Waals surface area contributed by atoms with Gasteiger partial charge in [-0.2, -0.15) is 4.98 Å². The first-order valence-electron chi connectivity index (χ1n) is 7.45. The molecule has 0 spiro atoms. The highest BCUT2D eigenvalue weighted by Gasteiger charge is 2.15. The van der Waals surface area contributed by atoms with Crippen LogP contribution in [0.2, 0.25) is 0 Å². The summed E-state index contributed by atoms with van der Waals surface area (Å²) in [5.74, 6) is -0.854. The first-order chi connectivity index (χ1) is 11.5. The second-order valence-corrected chi connectivity index (χ2v) is 5.84. The second kappa shape index (κ2) is 7.96. The van der Waals surface area contributed by atoms with E-state index in [9.17, 15) is 19.1 Å². The maximum atomic E-state index is 13.1. The molecule has 0 saturated heterocycles. The van der Waals surface area contributed by atoms with E-state index in [1.54, 1.807) is 4.90 Å². The molecule has 1 aromatic carbocycles. The van der Waals surface area contributed by atoms with Gasteiger partial charge in [0, 0.05) is 13.1 Å². The Morgan fingerprint density at radius 2 is 1.92 bits per heavy atom.